The van der Waals surface area contributed by atoms with Crippen LogP contribution >= 0.6 is 0 Å². The second-order valence-electron chi connectivity index (χ2n) is 4.01. The molecule has 0 saturated carbocycles. The molecule has 0 N–H and O–H groups in total. The number of hydrogen-bond donors (Lipinski definition) is 0. The Bertz CT molecular complexity index is 369. The van der Waals surface area contributed by atoms with Crippen molar-refractivity contribution in [3.8, 4) is 0 Å². The maximum atomic E-state index is 11.8. The molecule has 1 aromatic rings. The fourth-order valence-corrected chi connectivity index (χ4v) is 1.94. The number of nitrogens with zero attached hydrogens (tertiary/aromatic N) is 1. The van der Waals surface area contributed by atoms with Gasteiger partial charge in [-0.1, -0.05) is 32.0 Å². The van der Waals surface area contributed by atoms with Crippen LogP contribution in [0.15, 0.2) is 24.3 Å². The molecule has 1 heterocycles. The average Bonchev–Trinajstić information content (AvgIpc) is 2.45. The van der Waals surface area contributed by atoms with E-state index in [-0.39, 0.29) is 11.3 Å². The molecule has 15 heavy (non-hydrogen) atoms. The number of carbonyl (C=O) groups excluding carboxylic acids is 1. The summed E-state index contributed by atoms with van der Waals surface area (Å²) in [6, 6.07) is 7.95. The highest BCUT2D eigenvalue weighted by Crippen LogP contribution is 2.39. The molecule has 1 aliphatic heterocycles. The van der Waals surface area contributed by atoms with Crippen LogP contribution in [0.25, 0.3) is 0 Å². The van der Waals surface area contributed by atoms with Crippen molar-refractivity contribution in [1.82, 2.24) is 0 Å². The van der Waals surface area contributed by atoms with Gasteiger partial charge in [0.15, 0.2) is 0 Å². The number of carbonyl (C=O) groups is 1. The van der Waals surface area contributed by atoms with Crippen molar-refractivity contribution >= 4 is 11.6 Å². The molecular formula is C13H19NO. The van der Waals surface area contributed by atoms with Crippen LogP contribution in [0.3, 0.4) is 0 Å². The minimum atomic E-state index is -0.356. The highest BCUT2D eigenvalue weighted by atomic mass is 16.2. The Labute approximate surface area is 91.9 Å². The zero-order valence-electron chi connectivity index (χ0n) is 10.2. The second kappa shape index (κ2) is 4.05. The zero-order valence-corrected chi connectivity index (χ0v) is 10.2. The zero-order chi connectivity index (χ0) is 11.6. The van der Waals surface area contributed by atoms with Crippen molar-refractivity contribution in [3.05, 3.63) is 29.8 Å². The Morgan fingerprint density at radius 2 is 1.67 bits per heavy atom. The van der Waals surface area contributed by atoms with Crippen molar-refractivity contribution in [2.75, 3.05) is 11.9 Å². The van der Waals surface area contributed by atoms with Crippen LogP contribution in [0.2, 0.25) is 0 Å². The summed E-state index contributed by atoms with van der Waals surface area (Å²) >= 11 is 0. The van der Waals surface area contributed by atoms with Gasteiger partial charge in [0.2, 0.25) is 5.91 Å². The Kier molecular flexibility index (Phi) is 3.18. The van der Waals surface area contributed by atoms with Crippen molar-refractivity contribution in [2.24, 2.45) is 0 Å². The summed E-state index contributed by atoms with van der Waals surface area (Å²) in [7, 11) is 1.83. The summed E-state index contributed by atoms with van der Waals surface area (Å²) in [4.78, 5) is 13.5. The largest absolute Gasteiger partial charge is 0.314 e. The van der Waals surface area contributed by atoms with E-state index in [9.17, 15) is 4.79 Å². The SMILES string of the molecule is CC.CN1C(=O)C(C)(C)c2ccccc21. The van der Waals surface area contributed by atoms with E-state index in [1.54, 1.807) is 4.90 Å². The normalized spacial score (nSPS) is 16.9. The average molecular weight is 205 g/mol. The number of hydrogen-bond acceptors (Lipinski definition) is 1. The van der Waals surface area contributed by atoms with Gasteiger partial charge in [-0.05, 0) is 25.5 Å². The highest BCUT2D eigenvalue weighted by Gasteiger charge is 2.41. The standard InChI is InChI=1S/C11H13NO.C2H6/c1-11(2)8-6-4-5-7-9(8)12(3)10(11)13;1-2/h4-7H,1-3H3;1-2H3. The van der Waals surface area contributed by atoms with Crippen LogP contribution in [0, 0.1) is 0 Å². The minimum absolute atomic E-state index is 0.175. The second-order valence-corrected chi connectivity index (χ2v) is 4.01. The molecule has 2 nitrogen and oxygen atoms in total. The van der Waals surface area contributed by atoms with Crippen molar-refractivity contribution in [2.45, 2.75) is 33.1 Å². The first-order chi connectivity index (χ1) is 7.05. The molecule has 2 heteroatoms. The third-order valence-electron chi connectivity index (χ3n) is 2.78. The molecule has 2 rings (SSSR count). The summed E-state index contributed by atoms with van der Waals surface area (Å²) in [5.41, 5.74) is 1.81. The van der Waals surface area contributed by atoms with E-state index < -0.39 is 0 Å². The molecule has 0 spiro atoms. The van der Waals surface area contributed by atoms with Crippen molar-refractivity contribution in [3.63, 3.8) is 0 Å². The Morgan fingerprint density at radius 1 is 1.13 bits per heavy atom. The summed E-state index contributed by atoms with van der Waals surface area (Å²) in [5.74, 6) is 0.175. The topological polar surface area (TPSA) is 20.3 Å². The molecule has 0 unspecified atom stereocenters. The molecule has 1 amide bonds. The van der Waals surface area contributed by atoms with E-state index >= 15 is 0 Å². The minimum Gasteiger partial charge on any atom is -0.314 e. The fourth-order valence-electron chi connectivity index (χ4n) is 1.94. The van der Waals surface area contributed by atoms with Gasteiger partial charge in [-0.3, -0.25) is 4.79 Å². The van der Waals surface area contributed by atoms with Crippen molar-refractivity contribution < 1.29 is 4.79 Å². The van der Waals surface area contributed by atoms with Crippen LogP contribution in [-0.2, 0) is 10.2 Å². The summed E-state index contributed by atoms with van der Waals surface area (Å²) < 4.78 is 0. The van der Waals surface area contributed by atoms with Gasteiger partial charge < -0.3 is 4.90 Å². The number of para-hydroxylation sites is 1. The summed E-state index contributed by atoms with van der Waals surface area (Å²) in [6.07, 6.45) is 0. The predicted octanol–water partition coefficient (Wildman–Crippen LogP) is 2.97. The van der Waals surface area contributed by atoms with E-state index in [1.807, 2.05) is 59.0 Å². The molecule has 0 saturated heterocycles. The lowest BCUT2D eigenvalue weighted by Crippen LogP contribution is -2.33. The first-order valence-corrected chi connectivity index (χ1v) is 5.43. The van der Waals surface area contributed by atoms with E-state index in [0.29, 0.717) is 0 Å². The van der Waals surface area contributed by atoms with Gasteiger partial charge in [-0.15, -0.1) is 0 Å². The monoisotopic (exact) mass is 205 g/mol. The van der Waals surface area contributed by atoms with Crippen molar-refractivity contribution in [1.29, 1.82) is 0 Å². The number of likely N-dealkylation sites (N-methyl/N-ethyl adjacent to an activating group) is 1. The number of amides is 1. The van der Waals surface area contributed by atoms with E-state index in [1.165, 1.54) is 0 Å². The first-order valence-electron chi connectivity index (χ1n) is 5.43. The van der Waals surface area contributed by atoms with E-state index in [4.69, 9.17) is 0 Å². The lowest BCUT2D eigenvalue weighted by atomic mass is 9.86. The number of fused-ring (bicyclic) bond motifs is 1. The quantitative estimate of drug-likeness (QED) is 0.637. The number of rotatable bonds is 0. The van der Waals surface area contributed by atoms with Gasteiger partial charge in [-0.25, -0.2) is 0 Å². The summed E-state index contributed by atoms with van der Waals surface area (Å²) in [5, 5.41) is 0. The van der Waals surface area contributed by atoms with Crippen LogP contribution < -0.4 is 4.90 Å². The first kappa shape index (κ1) is 11.8. The van der Waals surface area contributed by atoms with Crippen LogP contribution in [0.4, 0.5) is 5.69 Å². The third-order valence-corrected chi connectivity index (χ3v) is 2.78. The highest BCUT2D eigenvalue weighted by molar-refractivity contribution is 6.07. The molecule has 0 aromatic heterocycles. The maximum Gasteiger partial charge on any atom is 0.236 e. The third kappa shape index (κ3) is 1.65. The van der Waals surface area contributed by atoms with E-state index in [0.717, 1.165) is 11.3 Å². The number of anilines is 1. The molecular weight excluding hydrogens is 186 g/mol. The molecule has 0 atom stereocenters. The Balaban J connectivity index is 0.000000531. The molecule has 1 aromatic carbocycles. The Hall–Kier alpha value is -1.31. The van der Waals surface area contributed by atoms with Crippen LogP contribution in [-0.4, -0.2) is 13.0 Å². The smallest absolute Gasteiger partial charge is 0.236 e. The van der Waals surface area contributed by atoms with Gasteiger partial charge in [0.1, 0.15) is 0 Å². The van der Waals surface area contributed by atoms with Gasteiger partial charge >= 0.3 is 0 Å². The molecule has 0 bridgehead atoms. The molecule has 1 aliphatic rings. The van der Waals surface area contributed by atoms with Gasteiger partial charge in [-0.2, -0.15) is 0 Å². The van der Waals surface area contributed by atoms with Gasteiger partial charge in [0, 0.05) is 12.7 Å². The maximum absolute atomic E-state index is 11.8. The predicted molar refractivity (Wildman–Crippen MR) is 64.2 cm³/mol. The molecule has 0 aliphatic carbocycles. The fraction of sp³-hybridized carbons (Fsp3) is 0.462. The Morgan fingerprint density at radius 3 is 2.20 bits per heavy atom. The van der Waals surface area contributed by atoms with E-state index in [2.05, 4.69) is 0 Å². The van der Waals surface area contributed by atoms with Crippen LogP contribution in [0.1, 0.15) is 33.3 Å². The van der Waals surface area contributed by atoms with Gasteiger partial charge in [0.05, 0.1) is 5.41 Å². The molecule has 82 valence electrons. The summed E-state index contributed by atoms with van der Waals surface area (Å²) in [6.45, 7) is 7.94. The molecule has 0 radical (unpaired) electrons. The lowest BCUT2D eigenvalue weighted by molar-refractivity contribution is -0.121. The van der Waals surface area contributed by atoms with Crippen LogP contribution in [0.5, 0.6) is 0 Å². The molecule has 0 fully saturated rings. The number of benzene rings is 1. The van der Waals surface area contributed by atoms with Gasteiger partial charge in [0.25, 0.3) is 0 Å². The lowest BCUT2D eigenvalue weighted by Gasteiger charge is -2.16.